The van der Waals surface area contributed by atoms with E-state index in [1.807, 2.05) is 13.8 Å². The molecule has 0 bridgehead atoms. The number of fused-ring (bicyclic) bond motifs is 1. The molecule has 2 nitrogen and oxygen atoms in total. The van der Waals surface area contributed by atoms with Gasteiger partial charge in [-0.1, -0.05) is 31.0 Å². The van der Waals surface area contributed by atoms with E-state index in [-0.39, 0.29) is 11.4 Å². The lowest BCUT2D eigenvalue weighted by Gasteiger charge is -2.37. The quantitative estimate of drug-likeness (QED) is 0.755. The summed E-state index contributed by atoms with van der Waals surface area (Å²) in [4.78, 5) is 0. The normalized spacial score (nSPS) is 22.5. The smallest absolute Gasteiger partial charge is 0.126 e. The summed E-state index contributed by atoms with van der Waals surface area (Å²) in [5.74, 6) is 1.09. The summed E-state index contributed by atoms with van der Waals surface area (Å²) in [5, 5.41) is 10.8. The van der Waals surface area contributed by atoms with Crippen LogP contribution in [0.4, 0.5) is 4.39 Å². The fourth-order valence-electron chi connectivity index (χ4n) is 4.35. The third kappa shape index (κ3) is 3.18. The Bertz CT molecular complexity index is 773. The van der Waals surface area contributed by atoms with Crippen LogP contribution in [0.25, 0.3) is 11.1 Å². The summed E-state index contributed by atoms with van der Waals surface area (Å²) in [6, 6.07) is 10.8. The van der Waals surface area contributed by atoms with Crippen molar-refractivity contribution < 1.29 is 14.2 Å². The highest BCUT2D eigenvalue weighted by molar-refractivity contribution is 5.72. The topological polar surface area (TPSA) is 29.5 Å². The Balaban J connectivity index is 1.88. The van der Waals surface area contributed by atoms with Crippen molar-refractivity contribution in [2.75, 3.05) is 0 Å². The Morgan fingerprint density at radius 3 is 2.44 bits per heavy atom. The molecule has 2 aromatic carbocycles. The maximum absolute atomic E-state index is 13.4. The summed E-state index contributed by atoms with van der Waals surface area (Å²) in [6.45, 7) is 4.03. The highest BCUT2D eigenvalue weighted by atomic mass is 19.1. The molecular formula is C22H25FO2. The van der Waals surface area contributed by atoms with Crippen LogP contribution in [0.2, 0.25) is 0 Å². The van der Waals surface area contributed by atoms with Crippen molar-refractivity contribution >= 4 is 0 Å². The van der Waals surface area contributed by atoms with Gasteiger partial charge in [0, 0.05) is 12.0 Å². The first-order chi connectivity index (χ1) is 11.9. The van der Waals surface area contributed by atoms with Gasteiger partial charge in [-0.3, -0.25) is 0 Å². The molecule has 2 aromatic rings. The standard InChI is InChI=1S/C22H25FO2/c1-22(2)13-19(24)21-18(15-7-9-17(23)10-8-15)11-16(12-20(21)25-22)14-5-3-4-6-14/h7-12,14,19,24H,3-6,13H2,1-2H3/t19-/m0/s1. The number of rotatable bonds is 2. The molecule has 1 aliphatic heterocycles. The van der Waals surface area contributed by atoms with Crippen LogP contribution in [0, 0.1) is 5.82 Å². The van der Waals surface area contributed by atoms with E-state index in [1.165, 1.54) is 43.4 Å². The first-order valence-corrected chi connectivity index (χ1v) is 9.24. The van der Waals surface area contributed by atoms with Gasteiger partial charge in [-0.25, -0.2) is 4.39 Å². The predicted molar refractivity (Wildman–Crippen MR) is 97.3 cm³/mol. The minimum atomic E-state index is -0.573. The van der Waals surface area contributed by atoms with Crippen molar-refractivity contribution in [3.63, 3.8) is 0 Å². The maximum atomic E-state index is 13.4. The summed E-state index contributed by atoms with van der Waals surface area (Å²) in [6.07, 6.45) is 4.92. The maximum Gasteiger partial charge on any atom is 0.126 e. The van der Waals surface area contributed by atoms with E-state index in [0.29, 0.717) is 12.3 Å². The zero-order chi connectivity index (χ0) is 17.6. The van der Waals surface area contributed by atoms with Gasteiger partial charge >= 0.3 is 0 Å². The Morgan fingerprint density at radius 2 is 1.76 bits per heavy atom. The lowest BCUT2D eigenvalue weighted by atomic mass is 9.84. The second-order valence-corrected chi connectivity index (χ2v) is 8.05. The molecule has 1 N–H and O–H groups in total. The molecule has 1 atom stereocenters. The lowest BCUT2D eigenvalue weighted by molar-refractivity contribution is 0.0118. The molecule has 3 heteroatoms. The van der Waals surface area contributed by atoms with Crippen molar-refractivity contribution in [1.82, 2.24) is 0 Å². The molecular weight excluding hydrogens is 315 g/mol. The van der Waals surface area contributed by atoms with Crippen LogP contribution in [-0.4, -0.2) is 10.7 Å². The largest absolute Gasteiger partial charge is 0.487 e. The van der Waals surface area contributed by atoms with Crippen molar-refractivity contribution in [2.45, 2.75) is 63.6 Å². The van der Waals surface area contributed by atoms with Gasteiger partial charge in [0.15, 0.2) is 0 Å². The van der Waals surface area contributed by atoms with Gasteiger partial charge in [0.1, 0.15) is 17.2 Å². The van der Waals surface area contributed by atoms with E-state index in [2.05, 4.69) is 12.1 Å². The molecule has 1 aliphatic carbocycles. The van der Waals surface area contributed by atoms with Crippen molar-refractivity contribution in [3.8, 4) is 16.9 Å². The minimum Gasteiger partial charge on any atom is -0.487 e. The van der Waals surface area contributed by atoms with Crippen LogP contribution < -0.4 is 4.74 Å². The van der Waals surface area contributed by atoms with E-state index < -0.39 is 6.10 Å². The highest BCUT2D eigenvalue weighted by Crippen LogP contribution is 2.47. The van der Waals surface area contributed by atoms with Gasteiger partial charge < -0.3 is 9.84 Å². The van der Waals surface area contributed by atoms with E-state index >= 15 is 0 Å². The number of aliphatic hydroxyl groups is 1. The highest BCUT2D eigenvalue weighted by Gasteiger charge is 2.35. The number of benzene rings is 2. The molecule has 2 aliphatic rings. The first kappa shape index (κ1) is 16.6. The fraction of sp³-hybridized carbons (Fsp3) is 0.455. The molecule has 0 spiro atoms. The van der Waals surface area contributed by atoms with Gasteiger partial charge in [0.25, 0.3) is 0 Å². The predicted octanol–water partition coefficient (Wildman–Crippen LogP) is 5.74. The van der Waals surface area contributed by atoms with E-state index in [1.54, 1.807) is 12.1 Å². The van der Waals surface area contributed by atoms with Gasteiger partial charge in [0.05, 0.1) is 6.10 Å². The number of hydrogen-bond donors (Lipinski definition) is 1. The van der Waals surface area contributed by atoms with Crippen LogP contribution in [0.15, 0.2) is 36.4 Å². The first-order valence-electron chi connectivity index (χ1n) is 9.24. The molecule has 0 unspecified atom stereocenters. The molecule has 1 saturated carbocycles. The molecule has 132 valence electrons. The SMILES string of the molecule is CC1(C)C[C@H](O)c2c(cc(C3CCCC3)cc2-c2ccc(F)cc2)O1. The van der Waals surface area contributed by atoms with E-state index in [9.17, 15) is 9.50 Å². The van der Waals surface area contributed by atoms with Crippen LogP contribution in [0.1, 0.15) is 69.1 Å². The van der Waals surface area contributed by atoms with Gasteiger partial charge in [0.2, 0.25) is 0 Å². The molecule has 0 radical (unpaired) electrons. The van der Waals surface area contributed by atoms with Crippen LogP contribution in [-0.2, 0) is 0 Å². The molecule has 1 heterocycles. The minimum absolute atomic E-state index is 0.248. The molecule has 0 amide bonds. The van der Waals surface area contributed by atoms with E-state index in [4.69, 9.17) is 4.74 Å². The molecule has 25 heavy (non-hydrogen) atoms. The lowest BCUT2D eigenvalue weighted by Crippen LogP contribution is -2.35. The van der Waals surface area contributed by atoms with Gasteiger partial charge in [-0.15, -0.1) is 0 Å². The van der Waals surface area contributed by atoms with Gasteiger partial charge in [-0.2, -0.15) is 0 Å². The third-order valence-electron chi connectivity index (χ3n) is 5.55. The zero-order valence-electron chi connectivity index (χ0n) is 14.9. The number of aliphatic hydroxyl groups excluding tert-OH is 1. The summed E-state index contributed by atoms with van der Waals surface area (Å²) in [5.41, 5.74) is 3.64. The van der Waals surface area contributed by atoms with Crippen molar-refractivity contribution in [2.24, 2.45) is 0 Å². The zero-order valence-corrected chi connectivity index (χ0v) is 14.9. The average molecular weight is 340 g/mol. The third-order valence-corrected chi connectivity index (χ3v) is 5.55. The second-order valence-electron chi connectivity index (χ2n) is 8.05. The summed E-state index contributed by atoms with van der Waals surface area (Å²) < 4.78 is 19.6. The number of hydrogen-bond acceptors (Lipinski definition) is 2. The molecule has 1 fully saturated rings. The Kier molecular flexibility index (Phi) is 4.07. The van der Waals surface area contributed by atoms with Crippen LogP contribution >= 0.6 is 0 Å². The molecule has 0 aromatic heterocycles. The number of halogens is 1. The summed E-state index contributed by atoms with van der Waals surface area (Å²) in [7, 11) is 0. The monoisotopic (exact) mass is 340 g/mol. The van der Waals surface area contributed by atoms with Crippen LogP contribution in [0.3, 0.4) is 0 Å². The Morgan fingerprint density at radius 1 is 1.08 bits per heavy atom. The van der Waals surface area contributed by atoms with Crippen LogP contribution in [0.5, 0.6) is 5.75 Å². The second kappa shape index (κ2) is 6.14. The molecule has 4 rings (SSSR count). The Labute approximate surface area is 148 Å². The fourth-order valence-corrected chi connectivity index (χ4v) is 4.35. The van der Waals surface area contributed by atoms with Crippen molar-refractivity contribution in [3.05, 3.63) is 53.3 Å². The van der Waals surface area contributed by atoms with E-state index in [0.717, 1.165) is 22.4 Å². The average Bonchev–Trinajstić information content (AvgIpc) is 3.07. The van der Waals surface area contributed by atoms with Crippen molar-refractivity contribution in [1.29, 1.82) is 0 Å². The molecule has 0 saturated heterocycles. The van der Waals surface area contributed by atoms with Gasteiger partial charge in [-0.05, 0) is 67.5 Å². The number of ether oxygens (including phenoxy) is 1. The Hall–Kier alpha value is -1.87. The summed E-state index contributed by atoms with van der Waals surface area (Å²) >= 11 is 0.